The van der Waals surface area contributed by atoms with Crippen molar-refractivity contribution in [3.8, 4) is 5.75 Å². The second-order valence-corrected chi connectivity index (χ2v) is 9.55. The molecule has 3 aromatic rings. The van der Waals surface area contributed by atoms with E-state index in [9.17, 15) is 35.5 Å². The molecule has 1 aliphatic carbocycles. The van der Waals surface area contributed by atoms with Crippen molar-refractivity contribution in [1.82, 2.24) is 15.3 Å². The van der Waals surface area contributed by atoms with E-state index in [4.69, 9.17) is 27.9 Å². The van der Waals surface area contributed by atoms with Crippen LogP contribution in [0.15, 0.2) is 24.3 Å². The smallest absolute Gasteiger partial charge is 0.422 e. The Kier molecular flexibility index (Phi) is 7.89. The monoisotopic (exact) mass is 586 g/mol. The molecule has 0 radical (unpaired) electrons. The van der Waals surface area contributed by atoms with Crippen LogP contribution in [-0.4, -0.2) is 40.9 Å². The highest BCUT2D eigenvalue weighted by Crippen LogP contribution is 2.38. The fourth-order valence-electron chi connectivity index (χ4n) is 4.14. The fourth-order valence-corrected chi connectivity index (χ4v) is 4.50. The van der Waals surface area contributed by atoms with Crippen molar-refractivity contribution < 1.29 is 40.3 Å². The molecule has 1 aromatic heterocycles. The normalized spacial score (nSPS) is 18.4. The lowest BCUT2D eigenvalue weighted by Gasteiger charge is -2.30. The number of aromatic nitrogens is 2. The fraction of sp³-hybridized carbons (Fsp3) is 0.391. The summed E-state index contributed by atoms with van der Waals surface area (Å²) < 4.78 is 96.4. The van der Waals surface area contributed by atoms with Crippen molar-refractivity contribution in [2.75, 3.05) is 11.9 Å². The maximum absolute atomic E-state index is 14.2. The molecule has 0 aliphatic heterocycles. The molecule has 3 N–H and O–H groups in total. The Morgan fingerprint density at radius 1 is 1.08 bits per heavy atom. The number of benzene rings is 2. The van der Waals surface area contributed by atoms with Crippen molar-refractivity contribution in [3.05, 3.63) is 45.7 Å². The molecule has 6 nitrogen and oxygen atoms in total. The zero-order chi connectivity index (χ0) is 27.8. The number of hydrogen-bond donors (Lipinski definition) is 3. The molecule has 1 fully saturated rings. The molecule has 0 atom stereocenters. The molecule has 206 valence electrons. The summed E-state index contributed by atoms with van der Waals surface area (Å²) in [4.78, 5) is 19.9. The summed E-state index contributed by atoms with van der Waals surface area (Å²) in [6, 6.07) is 3.98. The van der Waals surface area contributed by atoms with Crippen LogP contribution in [0.2, 0.25) is 10.0 Å². The number of nitrogens with one attached hydrogen (secondary N) is 3. The first-order valence-electron chi connectivity index (χ1n) is 11.2. The van der Waals surface area contributed by atoms with Crippen LogP contribution in [-0.2, 0) is 0 Å². The van der Waals surface area contributed by atoms with Gasteiger partial charge in [-0.05, 0) is 43.9 Å². The Labute approximate surface area is 220 Å². The molecule has 0 bridgehead atoms. The highest BCUT2D eigenvalue weighted by Gasteiger charge is 2.41. The van der Waals surface area contributed by atoms with Gasteiger partial charge in [-0.1, -0.05) is 23.2 Å². The number of carbonyl (C=O) groups is 1. The third-order valence-electron chi connectivity index (χ3n) is 6.03. The second kappa shape index (κ2) is 10.7. The van der Waals surface area contributed by atoms with Crippen molar-refractivity contribution in [3.63, 3.8) is 0 Å². The summed E-state index contributed by atoms with van der Waals surface area (Å²) in [6.07, 6.45) is -9.29. The minimum Gasteiger partial charge on any atom is -0.483 e. The lowest BCUT2D eigenvalue weighted by Crippen LogP contribution is -2.40. The highest BCUT2D eigenvalue weighted by molar-refractivity contribution is 6.43. The molecule has 1 saturated carbocycles. The van der Waals surface area contributed by atoms with Gasteiger partial charge in [-0.25, -0.2) is 9.37 Å². The van der Waals surface area contributed by atoms with Gasteiger partial charge in [-0.15, -0.1) is 0 Å². The largest absolute Gasteiger partial charge is 0.483 e. The number of ether oxygens (including phenoxy) is 1. The molecule has 2 aromatic carbocycles. The van der Waals surface area contributed by atoms with Crippen LogP contribution in [0.3, 0.4) is 0 Å². The van der Waals surface area contributed by atoms with Gasteiger partial charge in [0.25, 0.3) is 5.91 Å². The molecule has 4 rings (SSSR count). The molecule has 38 heavy (non-hydrogen) atoms. The molecule has 1 heterocycles. The van der Waals surface area contributed by atoms with Gasteiger partial charge < -0.3 is 20.4 Å². The maximum atomic E-state index is 14.2. The number of halogens is 9. The third-order valence-corrected chi connectivity index (χ3v) is 6.84. The second-order valence-electron chi connectivity index (χ2n) is 8.76. The minimum absolute atomic E-state index is 0.0535. The Morgan fingerprint density at radius 2 is 1.76 bits per heavy atom. The van der Waals surface area contributed by atoms with Gasteiger partial charge in [0.05, 0.1) is 38.2 Å². The zero-order valence-electron chi connectivity index (χ0n) is 19.2. The Morgan fingerprint density at radius 3 is 2.39 bits per heavy atom. The van der Waals surface area contributed by atoms with Gasteiger partial charge in [0.2, 0.25) is 5.95 Å². The highest BCUT2D eigenvalue weighted by atomic mass is 35.5. The first kappa shape index (κ1) is 28.1. The zero-order valence-corrected chi connectivity index (χ0v) is 20.7. The molecule has 1 aliphatic rings. The van der Waals surface area contributed by atoms with Gasteiger partial charge in [0, 0.05) is 12.1 Å². The molecular formula is C23H19Cl2F7N4O2. The molecule has 0 spiro atoms. The Hall–Kier alpha value is -2.93. The van der Waals surface area contributed by atoms with Gasteiger partial charge in [0.1, 0.15) is 11.6 Å². The molecule has 0 saturated heterocycles. The average molecular weight is 587 g/mol. The summed E-state index contributed by atoms with van der Waals surface area (Å²) in [7, 11) is 0. The van der Waals surface area contributed by atoms with Gasteiger partial charge >= 0.3 is 12.4 Å². The summed E-state index contributed by atoms with van der Waals surface area (Å²) in [5.74, 6) is -3.55. The van der Waals surface area contributed by atoms with Gasteiger partial charge in [-0.3, -0.25) is 4.79 Å². The van der Waals surface area contributed by atoms with E-state index in [0.29, 0.717) is 0 Å². The number of fused-ring (bicyclic) bond motifs is 1. The summed E-state index contributed by atoms with van der Waals surface area (Å²) >= 11 is 11.9. The van der Waals surface area contributed by atoms with Crippen LogP contribution < -0.4 is 15.4 Å². The number of imidazole rings is 1. The summed E-state index contributed by atoms with van der Waals surface area (Å²) in [6.45, 7) is -1.70. The van der Waals surface area contributed by atoms with Crippen molar-refractivity contribution in [2.45, 2.75) is 44.1 Å². The number of alkyl halides is 6. The van der Waals surface area contributed by atoms with Crippen LogP contribution in [0.1, 0.15) is 36.0 Å². The number of carbonyl (C=O) groups excluding carboxylic acids is 1. The lowest BCUT2D eigenvalue weighted by molar-refractivity contribution is -0.182. The van der Waals surface area contributed by atoms with Gasteiger partial charge in [-0.2, -0.15) is 26.3 Å². The Bertz CT molecular complexity index is 1340. The van der Waals surface area contributed by atoms with Crippen molar-refractivity contribution in [1.29, 1.82) is 0 Å². The van der Waals surface area contributed by atoms with E-state index in [0.717, 1.165) is 18.2 Å². The average Bonchev–Trinajstić information content (AvgIpc) is 3.23. The van der Waals surface area contributed by atoms with Crippen LogP contribution in [0, 0.1) is 11.7 Å². The predicted molar refractivity (Wildman–Crippen MR) is 127 cm³/mol. The van der Waals surface area contributed by atoms with E-state index in [1.807, 2.05) is 0 Å². The van der Waals surface area contributed by atoms with Gasteiger partial charge in [0.15, 0.2) is 6.61 Å². The summed E-state index contributed by atoms with van der Waals surface area (Å²) in [5.41, 5.74) is -0.259. The first-order chi connectivity index (χ1) is 17.7. The minimum atomic E-state index is -4.71. The molecule has 0 unspecified atom stereocenters. The Balaban J connectivity index is 1.60. The standard InChI is InChI=1S/C23H19Cl2F7N4O2/c24-13-5-6-14(26)19(18(13)25)36-21-34-15-7-12(17(8-16(15)35-21)38-9-22(27,28)29)20(37)33-11-3-1-10(2-4-11)23(30,31)32/h5-8,10-11H,1-4,9H2,(H,33,37)(H2,34,35,36)/t10-,11-. The first-order valence-corrected chi connectivity index (χ1v) is 12.0. The number of rotatable bonds is 6. The predicted octanol–water partition coefficient (Wildman–Crippen LogP) is 7.54. The molecule has 1 amide bonds. The number of aromatic amines is 1. The van der Waals surface area contributed by atoms with E-state index in [1.54, 1.807) is 0 Å². The van der Waals surface area contributed by atoms with Crippen molar-refractivity contribution in [2.24, 2.45) is 5.92 Å². The molecular weight excluding hydrogens is 568 g/mol. The number of amides is 1. The number of anilines is 2. The van der Waals surface area contributed by atoms with E-state index in [2.05, 4.69) is 20.6 Å². The maximum Gasteiger partial charge on any atom is 0.422 e. The van der Waals surface area contributed by atoms with E-state index >= 15 is 0 Å². The molecule has 15 heteroatoms. The van der Waals surface area contributed by atoms with Crippen molar-refractivity contribution >= 4 is 51.8 Å². The van der Waals surface area contributed by atoms with Crippen LogP contribution in [0.5, 0.6) is 5.75 Å². The van der Waals surface area contributed by atoms with Crippen LogP contribution >= 0.6 is 23.2 Å². The van der Waals surface area contributed by atoms with Crippen LogP contribution in [0.25, 0.3) is 11.0 Å². The van der Waals surface area contributed by atoms with Crippen LogP contribution in [0.4, 0.5) is 42.4 Å². The number of nitrogens with zero attached hydrogens (tertiary/aromatic N) is 1. The number of hydrogen-bond acceptors (Lipinski definition) is 4. The van der Waals surface area contributed by atoms with E-state index < -0.39 is 48.4 Å². The third kappa shape index (κ3) is 6.55. The lowest BCUT2D eigenvalue weighted by atomic mass is 9.85. The van der Waals surface area contributed by atoms with E-state index in [1.165, 1.54) is 6.07 Å². The number of H-pyrrole nitrogens is 1. The quantitative estimate of drug-likeness (QED) is 0.206. The topological polar surface area (TPSA) is 79.0 Å². The summed E-state index contributed by atoms with van der Waals surface area (Å²) in [5, 5.41) is 5.10. The van der Waals surface area contributed by atoms with E-state index in [-0.39, 0.29) is 64.0 Å². The SMILES string of the molecule is O=C(N[C@H]1CC[C@H](C(F)(F)F)CC1)c1cc2nc(Nc3c(F)ccc(Cl)c3Cl)[nH]c2cc1OCC(F)(F)F.